The minimum absolute atomic E-state index is 0.0552. The number of esters is 2. The summed E-state index contributed by atoms with van der Waals surface area (Å²) in [4.78, 5) is 25.4. The molecule has 0 aliphatic heterocycles. The van der Waals surface area contributed by atoms with Crippen LogP contribution in [0.25, 0.3) is 0 Å². The summed E-state index contributed by atoms with van der Waals surface area (Å²) in [5.74, 6) is -0.438. The highest BCUT2D eigenvalue weighted by molar-refractivity contribution is 5.70. The Morgan fingerprint density at radius 3 is 1.16 bits per heavy atom. The maximum atomic E-state index is 12.8. The zero-order valence-electron chi connectivity index (χ0n) is 42.0. The van der Waals surface area contributed by atoms with Gasteiger partial charge in [-0.15, -0.1) is 0 Å². The Kier molecular flexibility index (Phi) is 51.5. The van der Waals surface area contributed by atoms with Gasteiger partial charge < -0.3 is 14.2 Å². The average molecular weight is 889 g/mol. The van der Waals surface area contributed by atoms with E-state index in [-0.39, 0.29) is 25.2 Å². The second-order valence-corrected chi connectivity index (χ2v) is 17.4. The fraction of sp³-hybridized carbons (Fsp3) is 0.695. The molecular formula is C59H100O5. The van der Waals surface area contributed by atoms with Crippen molar-refractivity contribution in [2.24, 2.45) is 0 Å². The fourth-order valence-corrected chi connectivity index (χ4v) is 7.14. The van der Waals surface area contributed by atoms with E-state index in [4.69, 9.17) is 14.2 Å². The SMILES string of the molecule is CC/C=C\C/C=C\C/C=C\C/C=C\C/C=C\C/C=C\CCCOCC(COC(=O)CCCCCCCCC/C=C\C/C=C\CCCCC)OC(=O)CCCCCCCCCCCCC. The molecule has 0 aromatic rings. The number of rotatable bonds is 48. The van der Waals surface area contributed by atoms with Gasteiger partial charge in [-0.3, -0.25) is 9.59 Å². The van der Waals surface area contributed by atoms with Crippen molar-refractivity contribution < 1.29 is 23.8 Å². The molecule has 1 atom stereocenters. The van der Waals surface area contributed by atoms with Gasteiger partial charge in [-0.05, 0) is 96.3 Å². The smallest absolute Gasteiger partial charge is 0.306 e. The highest BCUT2D eigenvalue weighted by atomic mass is 16.6. The van der Waals surface area contributed by atoms with Crippen LogP contribution >= 0.6 is 0 Å². The Bertz CT molecular complexity index is 1230. The third-order valence-corrected chi connectivity index (χ3v) is 11.1. The Hall–Kier alpha value is -3.18. The van der Waals surface area contributed by atoms with Crippen LogP contribution in [0.1, 0.15) is 239 Å². The van der Waals surface area contributed by atoms with Crippen molar-refractivity contribution in [3.05, 3.63) is 97.2 Å². The number of ether oxygens (including phenoxy) is 3. The van der Waals surface area contributed by atoms with E-state index in [0.717, 1.165) is 89.9 Å². The van der Waals surface area contributed by atoms with Crippen LogP contribution in [0.3, 0.4) is 0 Å². The lowest BCUT2D eigenvalue weighted by molar-refractivity contribution is -0.163. The molecule has 0 aliphatic carbocycles. The molecule has 0 amide bonds. The monoisotopic (exact) mass is 889 g/mol. The maximum Gasteiger partial charge on any atom is 0.306 e. The highest BCUT2D eigenvalue weighted by Gasteiger charge is 2.17. The molecule has 5 nitrogen and oxygen atoms in total. The number of unbranched alkanes of at least 4 members (excludes halogenated alkanes) is 21. The molecule has 0 aromatic carbocycles. The van der Waals surface area contributed by atoms with E-state index in [1.807, 2.05) is 0 Å². The largest absolute Gasteiger partial charge is 0.462 e. The number of hydrogen-bond donors (Lipinski definition) is 0. The van der Waals surface area contributed by atoms with E-state index in [1.165, 1.54) is 116 Å². The number of hydrogen-bond acceptors (Lipinski definition) is 5. The van der Waals surface area contributed by atoms with E-state index in [0.29, 0.717) is 19.4 Å². The van der Waals surface area contributed by atoms with E-state index >= 15 is 0 Å². The van der Waals surface area contributed by atoms with Gasteiger partial charge in [-0.25, -0.2) is 0 Å². The molecule has 0 aliphatic rings. The Morgan fingerprint density at radius 1 is 0.359 bits per heavy atom. The summed E-state index contributed by atoms with van der Waals surface area (Å²) in [6.45, 7) is 7.54. The van der Waals surface area contributed by atoms with Gasteiger partial charge in [0.2, 0.25) is 0 Å². The summed E-state index contributed by atoms with van der Waals surface area (Å²) in [7, 11) is 0. The summed E-state index contributed by atoms with van der Waals surface area (Å²) in [5, 5.41) is 0. The van der Waals surface area contributed by atoms with Crippen LogP contribution in [0.15, 0.2) is 97.2 Å². The van der Waals surface area contributed by atoms with Crippen LogP contribution in [0, 0.1) is 0 Å². The third kappa shape index (κ3) is 51.5. The van der Waals surface area contributed by atoms with Crippen molar-refractivity contribution >= 4 is 11.9 Å². The van der Waals surface area contributed by atoms with Gasteiger partial charge in [0.1, 0.15) is 6.61 Å². The van der Waals surface area contributed by atoms with Gasteiger partial charge >= 0.3 is 11.9 Å². The molecule has 0 fully saturated rings. The number of carbonyl (C=O) groups excluding carboxylic acids is 2. The maximum absolute atomic E-state index is 12.8. The van der Waals surface area contributed by atoms with Crippen LogP contribution < -0.4 is 0 Å². The zero-order valence-corrected chi connectivity index (χ0v) is 42.0. The first-order chi connectivity index (χ1) is 31.6. The molecular weight excluding hydrogens is 789 g/mol. The summed E-state index contributed by atoms with van der Waals surface area (Å²) < 4.78 is 17.3. The predicted molar refractivity (Wildman–Crippen MR) is 279 cm³/mol. The Morgan fingerprint density at radius 2 is 0.703 bits per heavy atom. The second kappa shape index (κ2) is 54.2. The average Bonchev–Trinajstić information content (AvgIpc) is 3.30. The van der Waals surface area contributed by atoms with E-state index in [2.05, 4.69) is 118 Å². The molecule has 0 radical (unpaired) electrons. The second-order valence-electron chi connectivity index (χ2n) is 17.4. The molecule has 366 valence electrons. The van der Waals surface area contributed by atoms with Gasteiger partial charge in [-0.2, -0.15) is 0 Å². The zero-order chi connectivity index (χ0) is 46.3. The number of carbonyl (C=O) groups is 2. The predicted octanol–water partition coefficient (Wildman–Crippen LogP) is 18.2. The van der Waals surface area contributed by atoms with Crippen LogP contribution in [0.5, 0.6) is 0 Å². The molecule has 0 aromatic heterocycles. The minimum Gasteiger partial charge on any atom is -0.462 e. The molecule has 0 heterocycles. The molecule has 64 heavy (non-hydrogen) atoms. The molecule has 0 bridgehead atoms. The molecule has 0 N–H and O–H groups in total. The van der Waals surface area contributed by atoms with Gasteiger partial charge in [0.25, 0.3) is 0 Å². The normalized spacial score (nSPS) is 13.0. The van der Waals surface area contributed by atoms with E-state index in [1.54, 1.807) is 0 Å². The van der Waals surface area contributed by atoms with Crippen molar-refractivity contribution in [1.82, 2.24) is 0 Å². The Labute approximate surface area is 396 Å². The summed E-state index contributed by atoms with van der Waals surface area (Å²) in [5.41, 5.74) is 0. The lowest BCUT2D eigenvalue weighted by Gasteiger charge is -2.18. The molecule has 0 saturated carbocycles. The molecule has 0 spiro atoms. The van der Waals surface area contributed by atoms with Gasteiger partial charge in [0.15, 0.2) is 6.10 Å². The van der Waals surface area contributed by atoms with Crippen molar-refractivity contribution in [1.29, 1.82) is 0 Å². The molecule has 0 rings (SSSR count). The van der Waals surface area contributed by atoms with Crippen molar-refractivity contribution in [2.75, 3.05) is 19.8 Å². The van der Waals surface area contributed by atoms with E-state index < -0.39 is 6.10 Å². The van der Waals surface area contributed by atoms with Crippen LogP contribution in [0.2, 0.25) is 0 Å². The first-order valence-electron chi connectivity index (χ1n) is 26.8. The third-order valence-electron chi connectivity index (χ3n) is 11.1. The number of allylic oxidation sites excluding steroid dienone is 16. The lowest BCUT2D eigenvalue weighted by atomic mass is 10.1. The van der Waals surface area contributed by atoms with Crippen molar-refractivity contribution in [3.63, 3.8) is 0 Å². The first-order valence-corrected chi connectivity index (χ1v) is 26.8. The van der Waals surface area contributed by atoms with Gasteiger partial charge in [0, 0.05) is 19.4 Å². The molecule has 0 saturated heterocycles. The van der Waals surface area contributed by atoms with Crippen LogP contribution in [0.4, 0.5) is 0 Å². The quantitative estimate of drug-likeness (QED) is 0.0346. The Balaban J connectivity index is 4.35. The van der Waals surface area contributed by atoms with Gasteiger partial charge in [0.05, 0.1) is 6.61 Å². The van der Waals surface area contributed by atoms with Crippen molar-refractivity contribution in [3.8, 4) is 0 Å². The van der Waals surface area contributed by atoms with Crippen LogP contribution in [-0.2, 0) is 23.8 Å². The fourth-order valence-electron chi connectivity index (χ4n) is 7.14. The van der Waals surface area contributed by atoms with Gasteiger partial charge in [-0.1, -0.05) is 227 Å². The van der Waals surface area contributed by atoms with E-state index in [9.17, 15) is 9.59 Å². The standard InChI is InChI=1S/C59H100O5/c1-4-7-10-13-16-19-22-24-26-28-29-30-32-34-36-39-42-45-48-51-54-62-55-57(64-59(61)53-50-47-44-41-37-21-18-15-12-9-6-3)56-63-58(60)52-49-46-43-40-38-35-33-31-27-25-23-20-17-14-11-8-5-2/h7,10,16-17,19-20,24-27,29-30,34,36,42,45,57H,4-6,8-9,11-15,18,21-23,28,31-33,35,37-41,43-44,46-56H2,1-3H3/b10-7-,19-16-,20-17-,26-24-,27-25-,30-29-,36-34-,45-42-. The van der Waals surface area contributed by atoms with Crippen molar-refractivity contribution in [2.45, 2.75) is 245 Å². The summed E-state index contributed by atoms with van der Waals surface area (Å²) in [6.07, 6.45) is 72.8. The summed E-state index contributed by atoms with van der Waals surface area (Å²) in [6, 6.07) is 0. The highest BCUT2D eigenvalue weighted by Crippen LogP contribution is 2.14. The minimum atomic E-state index is -0.572. The molecule has 1 unspecified atom stereocenters. The topological polar surface area (TPSA) is 61.8 Å². The lowest BCUT2D eigenvalue weighted by Crippen LogP contribution is -2.30. The van der Waals surface area contributed by atoms with Crippen LogP contribution in [-0.4, -0.2) is 37.9 Å². The molecule has 5 heteroatoms. The first kappa shape index (κ1) is 60.8. The summed E-state index contributed by atoms with van der Waals surface area (Å²) >= 11 is 0.